The fraction of sp³-hybridized carbons (Fsp3) is 0.750. The molecular formula is C16H28N6O2. The summed E-state index contributed by atoms with van der Waals surface area (Å²) in [4.78, 5) is 24.3. The van der Waals surface area contributed by atoms with Gasteiger partial charge in [0.1, 0.15) is 6.04 Å². The second-order valence-electron chi connectivity index (χ2n) is 6.65. The normalized spacial score (nSPS) is 19.6. The molecule has 0 aromatic carbocycles. The average molecular weight is 336 g/mol. The van der Waals surface area contributed by atoms with Gasteiger partial charge in [-0.25, -0.2) is 4.68 Å². The van der Waals surface area contributed by atoms with Crippen LogP contribution in [-0.4, -0.2) is 39.8 Å². The molecule has 1 amide bonds. The molecule has 134 valence electrons. The van der Waals surface area contributed by atoms with Gasteiger partial charge in [-0.15, -0.1) is 5.10 Å². The number of carbonyl (C=O) groups is 2. The predicted molar refractivity (Wildman–Crippen MR) is 89.9 cm³/mol. The summed E-state index contributed by atoms with van der Waals surface area (Å²) in [6.45, 7) is 5.72. The van der Waals surface area contributed by atoms with Crippen molar-refractivity contribution in [2.45, 2.75) is 51.6 Å². The van der Waals surface area contributed by atoms with E-state index in [0.717, 1.165) is 32.4 Å². The third-order valence-electron chi connectivity index (χ3n) is 4.91. The largest absolute Gasteiger partial charge is 0.370 e. The summed E-state index contributed by atoms with van der Waals surface area (Å²) in [5.74, 6) is -0.342. The van der Waals surface area contributed by atoms with Gasteiger partial charge in [-0.2, -0.15) is 0 Å². The summed E-state index contributed by atoms with van der Waals surface area (Å²) < 4.78 is 1.46. The molecule has 2 rings (SSSR count). The monoisotopic (exact) mass is 336 g/mol. The lowest BCUT2D eigenvalue weighted by molar-refractivity contribution is -0.130. The van der Waals surface area contributed by atoms with Crippen LogP contribution < -0.4 is 16.8 Å². The highest BCUT2D eigenvalue weighted by Crippen LogP contribution is 2.25. The maximum atomic E-state index is 12.8. The lowest BCUT2D eigenvalue weighted by Gasteiger charge is -2.25. The zero-order valence-corrected chi connectivity index (χ0v) is 14.4. The van der Waals surface area contributed by atoms with Crippen LogP contribution in [0.4, 0.5) is 0 Å². The minimum atomic E-state index is -0.698. The van der Waals surface area contributed by atoms with Crippen LogP contribution in [0.25, 0.3) is 0 Å². The van der Waals surface area contributed by atoms with Crippen LogP contribution in [0.15, 0.2) is 6.20 Å². The Morgan fingerprint density at radius 1 is 1.42 bits per heavy atom. The Hall–Kier alpha value is -1.80. The Bertz CT molecular complexity index is 567. The Balaban J connectivity index is 2.19. The minimum Gasteiger partial charge on any atom is -0.370 e. The first kappa shape index (κ1) is 18.5. The second kappa shape index (κ2) is 8.34. The number of Topliss-reactive ketones (excluding diaryl/α,β-unsaturated/α-hetero) is 1. The fourth-order valence-electron chi connectivity index (χ4n) is 3.03. The van der Waals surface area contributed by atoms with Crippen molar-refractivity contribution >= 4 is 11.7 Å². The summed E-state index contributed by atoms with van der Waals surface area (Å²) in [5.41, 5.74) is 12.2. The summed E-state index contributed by atoms with van der Waals surface area (Å²) in [5, 5.41) is 11.4. The van der Waals surface area contributed by atoms with Crippen molar-refractivity contribution in [1.82, 2.24) is 20.3 Å². The van der Waals surface area contributed by atoms with Gasteiger partial charge in [0.05, 0.1) is 24.4 Å². The number of aromatic nitrogens is 3. The molecule has 1 aromatic heterocycles. The molecule has 2 heterocycles. The van der Waals surface area contributed by atoms with Gasteiger partial charge < -0.3 is 16.8 Å². The third kappa shape index (κ3) is 4.39. The Morgan fingerprint density at radius 3 is 2.67 bits per heavy atom. The van der Waals surface area contributed by atoms with Gasteiger partial charge in [0, 0.05) is 5.92 Å². The van der Waals surface area contributed by atoms with Gasteiger partial charge in [-0.3, -0.25) is 9.59 Å². The van der Waals surface area contributed by atoms with E-state index in [1.165, 1.54) is 4.68 Å². The lowest BCUT2D eigenvalue weighted by atomic mass is 9.88. The Kier molecular flexibility index (Phi) is 6.44. The van der Waals surface area contributed by atoms with Crippen molar-refractivity contribution in [3.05, 3.63) is 11.9 Å². The number of carbonyl (C=O) groups excluding carboxylic acids is 2. The Labute approximate surface area is 142 Å². The van der Waals surface area contributed by atoms with E-state index in [4.69, 9.17) is 11.5 Å². The van der Waals surface area contributed by atoms with Crippen LogP contribution in [0.3, 0.4) is 0 Å². The smallest absolute Gasteiger partial charge is 0.220 e. The number of nitrogens with two attached hydrogens (primary N) is 2. The number of piperidine rings is 1. The third-order valence-corrected chi connectivity index (χ3v) is 4.91. The number of hydrogen-bond acceptors (Lipinski definition) is 6. The van der Waals surface area contributed by atoms with Crippen LogP contribution in [-0.2, 0) is 9.59 Å². The summed E-state index contributed by atoms with van der Waals surface area (Å²) in [6.07, 6.45) is 4.07. The molecule has 24 heavy (non-hydrogen) atoms. The molecular weight excluding hydrogens is 308 g/mol. The van der Waals surface area contributed by atoms with Gasteiger partial charge in [-0.05, 0) is 31.8 Å². The van der Waals surface area contributed by atoms with E-state index in [1.54, 1.807) is 6.20 Å². The van der Waals surface area contributed by atoms with Gasteiger partial charge in [0.2, 0.25) is 5.91 Å². The topological polar surface area (TPSA) is 129 Å². The van der Waals surface area contributed by atoms with Gasteiger partial charge >= 0.3 is 0 Å². The number of nitrogens with zero attached hydrogens (tertiary/aromatic N) is 3. The van der Waals surface area contributed by atoms with E-state index >= 15 is 0 Å². The van der Waals surface area contributed by atoms with E-state index in [9.17, 15) is 9.59 Å². The fourth-order valence-corrected chi connectivity index (χ4v) is 3.03. The lowest BCUT2D eigenvalue weighted by Crippen LogP contribution is -2.37. The molecule has 1 fully saturated rings. The molecule has 0 bridgehead atoms. The maximum absolute atomic E-state index is 12.8. The predicted octanol–water partition coefficient (Wildman–Crippen LogP) is 0.309. The summed E-state index contributed by atoms with van der Waals surface area (Å²) in [6, 6.07) is -0.942. The molecule has 5 N–H and O–H groups in total. The van der Waals surface area contributed by atoms with Crippen LogP contribution in [0.2, 0.25) is 0 Å². The highest BCUT2D eigenvalue weighted by Gasteiger charge is 2.32. The highest BCUT2D eigenvalue weighted by atomic mass is 16.1. The Morgan fingerprint density at radius 2 is 2.08 bits per heavy atom. The van der Waals surface area contributed by atoms with Gasteiger partial charge in [0.25, 0.3) is 0 Å². The second-order valence-corrected chi connectivity index (χ2v) is 6.65. The van der Waals surface area contributed by atoms with E-state index in [0.29, 0.717) is 5.69 Å². The van der Waals surface area contributed by atoms with Gasteiger partial charge in [-0.1, -0.05) is 25.5 Å². The number of rotatable bonds is 8. The van der Waals surface area contributed by atoms with Crippen molar-refractivity contribution in [3.8, 4) is 0 Å². The number of hydrogen-bond donors (Lipinski definition) is 3. The highest BCUT2D eigenvalue weighted by molar-refractivity contribution is 5.89. The molecule has 0 spiro atoms. The molecule has 8 nitrogen and oxygen atoms in total. The number of nitrogens with one attached hydrogen (secondary N) is 1. The van der Waals surface area contributed by atoms with E-state index in [2.05, 4.69) is 22.6 Å². The molecule has 1 aromatic rings. The molecule has 1 saturated heterocycles. The molecule has 3 atom stereocenters. The minimum absolute atomic E-state index is 0.00358. The van der Waals surface area contributed by atoms with Crippen molar-refractivity contribution in [3.63, 3.8) is 0 Å². The summed E-state index contributed by atoms with van der Waals surface area (Å²) in [7, 11) is 0. The molecule has 8 heteroatoms. The molecule has 0 unspecified atom stereocenters. The first-order valence-corrected chi connectivity index (χ1v) is 8.64. The summed E-state index contributed by atoms with van der Waals surface area (Å²) >= 11 is 0. The van der Waals surface area contributed by atoms with E-state index < -0.39 is 11.9 Å². The number of amides is 1. The first-order valence-electron chi connectivity index (χ1n) is 8.64. The molecule has 1 aliphatic heterocycles. The van der Waals surface area contributed by atoms with Crippen LogP contribution in [0, 0.1) is 11.8 Å². The number of ketones is 1. The molecule has 1 aliphatic rings. The number of primary amides is 1. The average Bonchev–Trinajstić information content (AvgIpc) is 3.08. The molecule has 0 radical (unpaired) electrons. The molecule has 0 saturated carbocycles. The van der Waals surface area contributed by atoms with Crippen molar-refractivity contribution in [2.24, 2.45) is 23.3 Å². The van der Waals surface area contributed by atoms with Crippen molar-refractivity contribution < 1.29 is 9.59 Å². The standard InChI is InChI=1S/C16H28N6O2/c1-3-10(2)15(18)12-9-22(21-20-12)13(8-14(17)23)16(24)11-4-6-19-7-5-11/h9-11,13,15,19H,3-8,18H2,1-2H3,(H2,17,23)/t10-,13-,15-/m0/s1. The van der Waals surface area contributed by atoms with Crippen LogP contribution >= 0.6 is 0 Å². The van der Waals surface area contributed by atoms with E-state index in [-0.39, 0.29) is 30.1 Å². The van der Waals surface area contributed by atoms with E-state index in [1.807, 2.05) is 6.92 Å². The zero-order valence-electron chi connectivity index (χ0n) is 14.4. The SMILES string of the molecule is CC[C@H](C)[C@H](N)c1cn([C@@H](CC(N)=O)C(=O)C2CCNCC2)nn1. The van der Waals surface area contributed by atoms with Crippen molar-refractivity contribution in [2.75, 3.05) is 13.1 Å². The quantitative estimate of drug-likeness (QED) is 0.626. The zero-order chi connectivity index (χ0) is 17.7. The first-order chi connectivity index (χ1) is 11.4. The molecule has 0 aliphatic carbocycles. The van der Waals surface area contributed by atoms with Crippen LogP contribution in [0.1, 0.15) is 57.3 Å². The van der Waals surface area contributed by atoms with Crippen LogP contribution in [0.5, 0.6) is 0 Å². The maximum Gasteiger partial charge on any atom is 0.220 e. The van der Waals surface area contributed by atoms with Gasteiger partial charge in [0.15, 0.2) is 5.78 Å². The van der Waals surface area contributed by atoms with Crippen molar-refractivity contribution in [1.29, 1.82) is 0 Å².